The van der Waals surface area contributed by atoms with Crippen LogP contribution in [-0.4, -0.2) is 60.3 Å². The minimum atomic E-state index is -0.849. The number of hydrogen-bond donors (Lipinski definition) is 3. The molecule has 0 aromatic rings. The van der Waals surface area contributed by atoms with Crippen LogP contribution in [0.4, 0.5) is 0 Å². The van der Waals surface area contributed by atoms with Crippen molar-refractivity contribution in [3.05, 3.63) is 0 Å². The molecule has 9 heavy (non-hydrogen) atoms. The van der Waals surface area contributed by atoms with Crippen molar-refractivity contribution >= 4 is 35.5 Å². The van der Waals surface area contributed by atoms with Crippen LogP contribution in [0.5, 0.6) is 0 Å². The van der Waals surface area contributed by atoms with Crippen LogP contribution in [0.2, 0.25) is 0 Å². The first-order valence-corrected chi connectivity index (χ1v) is 2.40. The van der Waals surface area contributed by atoms with Gasteiger partial charge in [-0.1, -0.05) is 0 Å². The van der Waals surface area contributed by atoms with Gasteiger partial charge < -0.3 is 16.2 Å². The molecule has 0 heterocycles. The predicted molar refractivity (Wildman–Crippen MR) is 35.3 cm³/mol. The summed E-state index contributed by atoms with van der Waals surface area (Å²) in [5.41, 5.74) is 5.06. The van der Waals surface area contributed by atoms with Gasteiger partial charge in [0.15, 0.2) is 0 Å². The number of aliphatic carboxylic acids is 1. The van der Waals surface area contributed by atoms with E-state index in [0.29, 0.717) is 13.1 Å². The Hall–Kier alpha value is 0.390. The maximum Gasteiger partial charge on any atom is 0.317 e. The molecule has 0 amide bonds. The van der Waals surface area contributed by atoms with Gasteiger partial charge in [-0.3, -0.25) is 4.79 Å². The molecule has 4 nitrogen and oxygen atoms in total. The molecule has 0 unspecified atom stereocenters. The summed E-state index contributed by atoms with van der Waals surface area (Å²) < 4.78 is 0. The smallest absolute Gasteiger partial charge is 0.317 e. The molecule has 0 fully saturated rings. The van der Waals surface area contributed by atoms with E-state index in [1.54, 1.807) is 0 Å². The standard InChI is InChI=1S/C4H10N2O2.Na/c5-1-2-6-3-4(7)8;/h6H,1-3,5H2,(H,7,8);. The van der Waals surface area contributed by atoms with Gasteiger partial charge in [0, 0.05) is 42.6 Å². The summed E-state index contributed by atoms with van der Waals surface area (Å²) in [6.07, 6.45) is 0. The molecule has 0 rings (SSSR count). The summed E-state index contributed by atoms with van der Waals surface area (Å²) in [5, 5.41) is 10.6. The van der Waals surface area contributed by atoms with Gasteiger partial charge in [-0.2, -0.15) is 0 Å². The molecule has 0 aromatic heterocycles. The van der Waals surface area contributed by atoms with Crippen LogP contribution in [0.3, 0.4) is 0 Å². The van der Waals surface area contributed by atoms with E-state index in [-0.39, 0.29) is 36.1 Å². The second-order valence-electron chi connectivity index (χ2n) is 1.36. The zero-order chi connectivity index (χ0) is 6.41. The third kappa shape index (κ3) is 11.8. The Morgan fingerprint density at radius 1 is 1.67 bits per heavy atom. The summed E-state index contributed by atoms with van der Waals surface area (Å²) in [7, 11) is 0. The van der Waals surface area contributed by atoms with E-state index in [9.17, 15) is 4.79 Å². The Morgan fingerprint density at radius 3 is 2.56 bits per heavy atom. The number of carboxylic acid groups (broad SMARTS) is 1. The molecule has 0 spiro atoms. The molecule has 0 aromatic carbocycles. The summed E-state index contributed by atoms with van der Waals surface area (Å²) >= 11 is 0. The molecule has 0 aliphatic rings. The van der Waals surface area contributed by atoms with Gasteiger partial charge in [0.25, 0.3) is 0 Å². The van der Waals surface area contributed by atoms with Crippen molar-refractivity contribution < 1.29 is 9.90 Å². The molecule has 0 bridgehead atoms. The van der Waals surface area contributed by atoms with Gasteiger partial charge in [-0.15, -0.1) is 0 Å². The number of carbonyl (C=O) groups is 1. The van der Waals surface area contributed by atoms with Gasteiger partial charge in [0.1, 0.15) is 0 Å². The van der Waals surface area contributed by atoms with E-state index in [1.165, 1.54) is 0 Å². The van der Waals surface area contributed by atoms with Crippen molar-refractivity contribution in [3.8, 4) is 0 Å². The van der Waals surface area contributed by atoms with Crippen LogP contribution in [0.1, 0.15) is 0 Å². The molecular formula is C4H10N2NaO2. The quantitative estimate of drug-likeness (QED) is 0.320. The Balaban J connectivity index is 0. The first-order valence-electron chi connectivity index (χ1n) is 2.40. The van der Waals surface area contributed by atoms with Crippen molar-refractivity contribution in [2.24, 2.45) is 5.73 Å². The number of nitrogens with one attached hydrogen (secondary N) is 1. The minimum absolute atomic E-state index is 0. The predicted octanol–water partition coefficient (Wildman–Crippen LogP) is -1.76. The summed E-state index contributed by atoms with van der Waals surface area (Å²) in [6, 6.07) is 0. The number of hydrogen-bond acceptors (Lipinski definition) is 3. The number of carboxylic acids is 1. The van der Waals surface area contributed by atoms with E-state index in [0.717, 1.165) is 0 Å². The van der Waals surface area contributed by atoms with Gasteiger partial charge >= 0.3 is 5.97 Å². The first-order chi connectivity index (χ1) is 3.77. The van der Waals surface area contributed by atoms with Gasteiger partial charge in [0.2, 0.25) is 0 Å². The fraction of sp³-hybridized carbons (Fsp3) is 0.750. The molecule has 4 N–H and O–H groups in total. The second kappa shape index (κ2) is 8.39. The van der Waals surface area contributed by atoms with Crippen molar-refractivity contribution in [1.29, 1.82) is 0 Å². The van der Waals surface area contributed by atoms with Crippen LogP contribution in [-0.2, 0) is 4.79 Å². The molecule has 0 atom stereocenters. The average Bonchev–Trinajstić information content (AvgIpc) is 1.66. The number of rotatable bonds is 4. The normalized spacial score (nSPS) is 8.11. The van der Waals surface area contributed by atoms with Crippen LogP contribution in [0.25, 0.3) is 0 Å². The number of nitrogens with two attached hydrogens (primary N) is 1. The Kier molecular flexibility index (Phi) is 11.3. The van der Waals surface area contributed by atoms with E-state index in [1.807, 2.05) is 0 Å². The van der Waals surface area contributed by atoms with Gasteiger partial charge in [0.05, 0.1) is 6.54 Å². The average molecular weight is 141 g/mol. The maximum absolute atomic E-state index is 9.77. The fourth-order valence-corrected chi connectivity index (χ4v) is 0.297. The first kappa shape index (κ1) is 12.1. The molecule has 0 aliphatic carbocycles. The van der Waals surface area contributed by atoms with E-state index < -0.39 is 5.97 Å². The van der Waals surface area contributed by atoms with E-state index in [4.69, 9.17) is 10.8 Å². The van der Waals surface area contributed by atoms with Gasteiger partial charge in [-0.05, 0) is 0 Å². The van der Waals surface area contributed by atoms with E-state index >= 15 is 0 Å². The molecular weight excluding hydrogens is 131 g/mol. The Labute approximate surface area is 76.1 Å². The molecule has 0 saturated carbocycles. The van der Waals surface area contributed by atoms with E-state index in [2.05, 4.69) is 5.32 Å². The fourth-order valence-electron chi connectivity index (χ4n) is 0.297. The Bertz CT molecular complexity index is 79.0. The molecule has 0 aliphatic heterocycles. The molecule has 0 saturated heterocycles. The van der Waals surface area contributed by atoms with Gasteiger partial charge in [-0.25, -0.2) is 0 Å². The monoisotopic (exact) mass is 141 g/mol. The van der Waals surface area contributed by atoms with Crippen molar-refractivity contribution in [1.82, 2.24) is 5.32 Å². The third-order valence-corrected chi connectivity index (χ3v) is 0.597. The zero-order valence-electron chi connectivity index (χ0n) is 5.55. The third-order valence-electron chi connectivity index (χ3n) is 0.597. The van der Waals surface area contributed by atoms with Crippen LogP contribution in [0, 0.1) is 0 Å². The Morgan fingerprint density at radius 2 is 2.22 bits per heavy atom. The molecule has 49 valence electrons. The maximum atomic E-state index is 9.77. The van der Waals surface area contributed by atoms with Crippen molar-refractivity contribution in [2.45, 2.75) is 0 Å². The van der Waals surface area contributed by atoms with Crippen LogP contribution < -0.4 is 11.1 Å². The summed E-state index contributed by atoms with van der Waals surface area (Å²) in [4.78, 5) is 9.77. The molecule has 5 heteroatoms. The van der Waals surface area contributed by atoms with Crippen LogP contribution in [0.15, 0.2) is 0 Å². The zero-order valence-corrected chi connectivity index (χ0v) is 7.55. The van der Waals surface area contributed by atoms with Crippen molar-refractivity contribution in [3.63, 3.8) is 0 Å². The van der Waals surface area contributed by atoms with Crippen molar-refractivity contribution in [2.75, 3.05) is 19.6 Å². The van der Waals surface area contributed by atoms with Crippen LogP contribution >= 0.6 is 0 Å². The second-order valence-corrected chi connectivity index (χ2v) is 1.36. The SMILES string of the molecule is NCCNCC(=O)O.[Na]. The summed E-state index contributed by atoms with van der Waals surface area (Å²) in [5.74, 6) is -0.849. The summed E-state index contributed by atoms with van der Waals surface area (Å²) in [6.45, 7) is 1.04. The largest absolute Gasteiger partial charge is 0.480 e. The molecule has 1 radical (unpaired) electrons. The topological polar surface area (TPSA) is 75.3 Å². The minimum Gasteiger partial charge on any atom is -0.480 e.